The van der Waals surface area contributed by atoms with E-state index in [-0.39, 0.29) is 35.9 Å². The second-order valence-electron chi connectivity index (χ2n) is 4.78. The molecule has 0 saturated carbocycles. The molecule has 0 bridgehead atoms. The highest BCUT2D eigenvalue weighted by atomic mass is 79.9. The molecule has 0 radical (unpaired) electrons. The van der Waals surface area contributed by atoms with Crippen LogP contribution in [0.4, 0.5) is 4.39 Å². The van der Waals surface area contributed by atoms with Crippen molar-refractivity contribution in [1.82, 2.24) is 5.32 Å². The lowest BCUT2D eigenvalue weighted by Gasteiger charge is -2.30. The Hall–Kier alpha value is -1.23. The van der Waals surface area contributed by atoms with Crippen LogP contribution in [0.15, 0.2) is 22.7 Å². The maximum Gasteiger partial charge on any atom is 0.230 e. The lowest BCUT2D eigenvalue weighted by molar-refractivity contribution is -0.137. The summed E-state index contributed by atoms with van der Waals surface area (Å²) in [7, 11) is 0. The van der Waals surface area contributed by atoms with E-state index in [4.69, 9.17) is 0 Å². The Morgan fingerprint density at radius 2 is 2.16 bits per heavy atom. The summed E-state index contributed by atoms with van der Waals surface area (Å²) < 4.78 is 14.1. The Balaban J connectivity index is 2.40. The van der Waals surface area contributed by atoms with Crippen molar-refractivity contribution in [1.29, 1.82) is 0 Å². The van der Waals surface area contributed by atoms with Crippen molar-refractivity contribution in [3.63, 3.8) is 0 Å². The Kier molecular flexibility index (Phi) is 4.34. The Morgan fingerprint density at radius 3 is 2.84 bits per heavy atom. The van der Waals surface area contributed by atoms with Crippen LogP contribution in [0, 0.1) is 11.7 Å². The largest absolute Gasteiger partial charge is 0.296 e. The summed E-state index contributed by atoms with van der Waals surface area (Å²) in [5.41, 5.74) is 0.696. The van der Waals surface area contributed by atoms with E-state index in [1.807, 2.05) is 6.92 Å². The van der Waals surface area contributed by atoms with Gasteiger partial charge in [0, 0.05) is 22.7 Å². The third-order valence-electron chi connectivity index (χ3n) is 3.45. The van der Waals surface area contributed by atoms with Crippen LogP contribution in [-0.2, 0) is 9.59 Å². The average Bonchev–Trinajstić information content (AvgIpc) is 2.35. The number of benzene rings is 1. The SMILES string of the molecule is CCCC1C(=O)NC(=O)CC1c1cc(F)ccc1Br. The molecule has 1 aromatic carbocycles. The minimum Gasteiger partial charge on any atom is -0.296 e. The zero-order valence-electron chi connectivity index (χ0n) is 10.6. The highest BCUT2D eigenvalue weighted by molar-refractivity contribution is 9.10. The lowest BCUT2D eigenvalue weighted by atomic mass is 9.78. The molecule has 2 atom stereocenters. The van der Waals surface area contributed by atoms with Crippen LogP contribution in [-0.4, -0.2) is 11.8 Å². The number of nitrogens with one attached hydrogen (secondary N) is 1. The first-order valence-corrected chi connectivity index (χ1v) is 7.11. The van der Waals surface area contributed by atoms with Crippen molar-refractivity contribution < 1.29 is 14.0 Å². The minimum absolute atomic E-state index is 0.221. The van der Waals surface area contributed by atoms with Gasteiger partial charge in [0.1, 0.15) is 5.82 Å². The molecule has 102 valence electrons. The van der Waals surface area contributed by atoms with E-state index in [0.29, 0.717) is 12.0 Å². The van der Waals surface area contributed by atoms with Crippen molar-refractivity contribution >= 4 is 27.7 Å². The first-order valence-electron chi connectivity index (χ1n) is 6.31. The van der Waals surface area contributed by atoms with Crippen LogP contribution >= 0.6 is 15.9 Å². The number of halogens is 2. The van der Waals surface area contributed by atoms with Gasteiger partial charge < -0.3 is 0 Å². The van der Waals surface area contributed by atoms with Gasteiger partial charge in [-0.25, -0.2) is 4.39 Å². The van der Waals surface area contributed by atoms with E-state index in [2.05, 4.69) is 21.2 Å². The van der Waals surface area contributed by atoms with Crippen LogP contribution in [0.1, 0.15) is 37.7 Å². The Morgan fingerprint density at radius 1 is 1.42 bits per heavy atom. The van der Waals surface area contributed by atoms with Crippen molar-refractivity contribution in [2.45, 2.75) is 32.1 Å². The number of imide groups is 1. The molecule has 1 heterocycles. The smallest absolute Gasteiger partial charge is 0.230 e. The Labute approximate surface area is 119 Å². The normalized spacial score (nSPS) is 23.3. The predicted octanol–water partition coefficient (Wildman–Crippen LogP) is 3.13. The average molecular weight is 328 g/mol. The number of carbonyl (C=O) groups excluding carboxylic acids is 2. The summed E-state index contributed by atoms with van der Waals surface area (Å²) in [6.45, 7) is 1.99. The molecule has 5 heteroatoms. The number of rotatable bonds is 3. The van der Waals surface area contributed by atoms with Crippen molar-refractivity contribution in [3.8, 4) is 0 Å². The van der Waals surface area contributed by atoms with E-state index in [1.165, 1.54) is 12.1 Å². The monoisotopic (exact) mass is 327 g/mol. The molecule has 1 aliphatic rings. The zero-order valence-corrected chi connectivity index (χ0v) is 12.2. The van der Waals surface area contributed by atoms with Gasteiger partial charge in [0.05, 0.1) is 0 Å². The molecule has 1 N–H and O–H groups in total. The molecule has 2 unspecified atom stereocenters. The van der Waals surface area contributed by atoms with Gasteiger partial charge in [-0.05, 0) is 30.2 Å². The number of carbonyl (C=O) groups is 2. The van der Waals surface area contributed by atoms with Crippen LogP contribution in [0.3, 0.4) is 0 Å². The highest BCUT2D eigenvalue weighted by Crippen LogP contribution is 2.38. The van der Waals surface area contributed by atoms with Gasteiger partial charge in [0.25, 0.3) is 0 Å². The molecule has 0 aromatic heterocycles. The number of piperidine rings is 1. The summed E-state index contributed by atoms with van der Waals surface area (Å²) >= 11 is 3.37. The second kappa shape index (κ2) is 5.82. The van der Waals surface area contributed by atoms with Gasteiger partial charge in [-0.1, -0.05) is 29.3 Å². The topological polar surface area (TPSA) is 46.2 Å². The van der Waals surface area contributed by atoms with E-state index in [0.717, 1.165) is 10.9 Å². The van der Waals surface area contributed by atoms with Gasteiger partial charge in [0.2, 0.25) is 11.8 Å². The molecular formula is C14H15BrFNO2. The van der Waals surface area contributed by atoms with E-state index in [1.54, 1.807) is 6.07 Å². The number of amides is 2. The number of hydrogen-bond acceptors (Lipinski definition) is 2. The summed E-state index contributed by atoms with van der Waals surface area (Å²) in [6, 6.07) is 4.38. The fourth-order valence-corrected chi connectivity index (χ4v) is 3.12. The first-order chi connectivity index (χ1) is 9.02. The summed E-state index contributed by atoms with van der Waals surface area (Å²) in [6.07, 6.45) is 1.75. The predicted molar refractivity (Wildman–Crippen MR) is 73.0 cm³/mol. The summed E-state index contributed by atoms with van der Waals surface area (Å²) in [4.78, 5) is 23.5. The van der Waals surface area contributed by atoms with E-state index in [9.17, 15) is 14.0 Å². The van der Waals surface area contributed by atoms with Gasteiger partial charge in [0.15, 0.2) is 0 Å². The highest BCUT2D eigenvalue weighted by Gasteiger charge is 2.37. The molecule has 0 spiro atoms. The van der Waals surface area contributed by atoms with Gasteiger partial charge in [-0.2, -0.15) is 0 Å². The lowest BCUT2D eigenvalue weighted by Crippen LogP contribution is -2.44. The minimum atomic E-state index is -0.355. The standard InChI is InChI=1S/C14H15BrFNO2/c1-2-3-9-10(7-13(18)17-14(9)19)11-6-8(16)4-5-12(11)15/h4-6,9-10H,2-3,7H2,1H3,(H,17,18,19). The molecule has 2 amide bonds. The molecule has 1 aliphatic heterocycles. The molecule has 19 heavy (non-hydrogen) atoms. The molecule has 3 nitrogen and oxygen atoms in total. The van der Waals surface area contributed by atoms with Crippen molar-refractivity contribution in [2.24, 2.45) is 5.92 Å². The quantitative estimate of drug-likeness (QED) is 0.867. The fourth-order valence-electron chi connectivity index (χ4n) is 2.57. The van der Waals surface area contributed by atoms with Crippen molar-refractivity contribution in [3.05, 3.63) is 34.1 Å². The Bertz CT molecular complexity index is 518. The molecular weight excluding hydrogens is 313 g/mol. The summed E-state index contributed by atoms with van der Waals surface area (Å²) in [5.74, 6) is -1.43. The molecule has 0 aliphatic carbocycles. The molecule has 1 saturated heterocycles. The van der Waals surface area contributed by atoms with E-state index < -0.39 is 0 Å². The van der Waals surface area contributed by atoms with Crippen molar-refractivity contribution in [2.75, 3.05) is 0 Å². The molecule has 1 fully saturated rings. The van der Waals surface area contributed by atoms with Crippen LogP contribution in [0.25, 0.3) is 0 Å². The van der Waals surface area contributed by atoms with Crippen LogP contribution < -0.4 is 5.32 Å². The first kappa shape index (κ1) is 14.2. The van der Waals surface area contributed by atoms with E-state index >= 15 is 0 Å². The molecule has 2 rings (SSSR count). The zero-order chi connectivity index (χ0) is 14.0. The number of hydrogen-bond donors (Lipinski definition) is 1. The third kappa shape index (κ3) is 3.03. The second-order valence-corrected chi connectivity index (χ2v) is 5.64. The van der Waals surface area contributed by atoms with Crippen LogP contribution in [0.5, 0.6) is 0 Å². The third-order valence-corrected chi connectivity index (χ3v) is 4.17. The van der Waals surface area contributed by atoms with Crippen LogP contribution in [0.2, 0.25) is 0 Å². The van der Waals surface area contributed by atoms with Gasteiger partial charge in [-0.15, -0.1) is 0 Å². The molecule has 1 aromatic rings. The maximum atomic E-state index is 13.4. The summed E-state index contributed by atoms with van der Waals surface area (Å²) in [5, 5.41) is 2.36. The fraction of sp³-hybridized carbons (Fsp3) is 0.429. The van der Waals surface area contributed by atoms with Gasteiger partial charge in [-0.3, -0.25) is 14.9 Å². The van der Waals surface area contributed by atoms with Gasteiger partial charge >= 0.3 is 0 Å². The maximum absolute atomic E-state index is 13.4.